The Morgan fingerprint density at radius 3 is 2.50 bits per heavy atom. The zero-order chi connectivity index (χ0) is 11.5. The molecule has 0 fully saturated rings. The average molecular weight is 234 g/mol. The van der Waals surface area contributed by atoms with Crippen LogP contribution in [0.5, 0.6) is 5.75 Å². The van der Waals surface area contributed by atoms with E-state index >= 15 is 0 Å². The second-order valence-corrected chi connectivity index (χ2v) is 4.64. The third kappa shape index (κ3) is 2.26. The first kappa shape index (κ1) is 11.2. The van der Waals surface area contributed by atoms with Gasteiger partial charge in [-0.25, -0.2) is 0 Å². The van der Waals surface area contributed by atoms with Gasteiger partial charge in [-0.2, -0.15) is 0 Å². The van der Waals surface area contributed by atoms with Gasteiger partial charge >= 0.3 is 0 Å². The molecule has 0 aliphatic rings. The predicted molar refractivity (Wildman–Crippen MR) is 66.1 cm³/mol. The zero-order valence-corrected chi connectivity index (χ0v) is 10.1. The van der Waals surface area contributed by atoms with Crippen LogP contribution in [-0.4, -0.2) is 12.2 Å². The van der Waals surface area contributed by atoms with Gasteiger partial charge in [0.15, 0.2) is 0 Å². The SMILES string of the molecule is COc1csc(C(O)c2ccc(C)cc2)c1. The van der Waals surface area contributed by atoms with E-state index in [9.17, 15) is 5.11 Å². The van der Waals surface area contributed by atoms with Crippen LogP contribution in [0, 0.1) is 6.92 Å². The first-order chi connectivity index (χ1) is 7.70. The van der Waals surface area contributed by atoms with E-state index in [1.54, 1.807) is 7.11 Å². The van der Waals surface area contributed by atoms with Crippen molar-refractivity contribution in [2.45, 2.75) is 13.0 Å². The molecular formula is C13H14O2S. The normalized spacial score (nSPS) is 12.4. The van der Waals surface area contributed by atoms with Crippen LogP contribution in [0.25, 0.3) is 0 Å². The molecule has 16 heavy (non-hydrogen) atoms. The first-order valence-corrected chi connectivity index (χ1v) is 5.95. The monoisotopic (exact) mass is 234 g/mol. The van der Waals surface area contributed by atoms with E-state index in [2.05, 4.69) is 0 Å². The topological polar surface area (TPSA) is 29.5 Å². The second-order valence-electron chi connectivity index (χ2n) is 3.70. The van der Waals surface area contributed by atoms with Crippen LogP contribution in [-0.2, 0) is 0 Å². The standard InChI is InChI=1S/C13H14O2S/c1-9-3-5-10(6-4-9)13(14)12-7-11(15-2)8-16-12/h3-8,13-14H,1-2H3. The van der Waals surface area contributed by atoms with Crippen molar-refractivity contribution in [3.8, 4) is 5.75 Å². The highest BCUT2D eigenvalue weighted by molar-refractivity contribution is 7.10. The summed E-state index contributed by atoms with van der Waals surface area (Å²) in [5, 5.41) is 12.0. The van der Waals surface area contributed by atoms with Crippen molar-refractivity contribution in [2.24, 2.45) is 0 Å². The molecule has 1 N–H and O–H groups in total. The Bertz CT molecular complexity index is 459. The van der Waals surface area contributed by atoms with Crippen LogP contribution in [0.1, 0.15) is 22.1 Å². The van der Waals surface area contributed by atoms with Gasteiger partial charge < -0.3 is 9.84 Å². The molecule has 2 rings (SSSR count). The highest BCUT2D eigenvalue weighted by atomic mass is 32.1. The molecule has 0 bridgehead atoms. The van der Waals surface area contributed by atoms with Crippen LogP contribution in [0.15, 0.2) is 35.7 Å². The number of ether oxygens (including phenoxy) is 1. The lowest BCUT2D eigenvalue weighted by Crippen LogP contribution is -1.96. The highest BCUT2D eigenvalue weighted by Crippen LogP contribution is 2.30. The minimum atomic E-state index is -0.561. The van der Waals surface area contributed by atoms with Crippen LogP contribution >= 0.6 is 11.3 Å². The fourth-order valence-electron chi connectivity index (χ4n) is 1.50. The van der Waals surface area contributed by atoms with Crippen molar-refractivity contribution in [1.82, 2.24) is 0 Å². The number of aryl methyl sites for hydroxylation is 1. The fourth-order valence-corrected chi connectivity index (χ4v) is 2.36. The summed E-state index contributed by atoms with van der Waals surface area (Å²) in [7, 11) is 1.63. The molecular weight excluding hydrogens is 220 g/mol. The van der Waals surface area contributed by atoms with E-state index in [0.717, 1.165) is 16.2 Å². The van der Waals surface area contributed by atoms with Crippen molar-refractivity contribution in [2.75, 3.05) is 7.11 Å². The predicted octanol–water partition coefficient (Wildman–Crippen LogP) is 3.15. The third-order valence-corrected chi connectivity index (χ3v) is 3.46. The van der Waals surface area contributed by atoms with E-state index in [0.29, 0.717) is 0 Å². The summed E-state index contributed by atoms with van der Waals surface area (Å²) in [4.78, 5) is 0.903. The van der Waals surface area contributed by atoms with E-state index in [1.807, 2.05) is 42.6 Å². The summed E-state index contributed by atoms with van der Waals surface area (Å²) in [6.07, 6.45) is -0.561. The Hall–Kier alpha value is -1.32. The number of rotatable bonds is 3. The van der Waals surface area contributed by atoms with Gasteiger partial charge in [0.05, 0.1) is 7.11 Å². The molecule has 0 radical (unpaired) electrons. The molecule has 1 unspecified atom stereocenters. The lowest BCUT2D eigenvalue weighted by molar-refractivity contribution is 0.224. The van der Waals surface area contributed by atoms with E-state index in [4.69, 9.17) is 4.74 Å². The highest BCUT2D eigenvalue weighted by Gasteiger charge is 2.12. The van der Waals surface area contributed by atoms with E-state index < -0.39 is 6.10 Å². The smallest absolute Gasteiger partial charge is 0.129 e. The van der Waals surface area contributed by atoms with Gasteiger partial charge in [-0.05, 0) is 18.6 Å². The molecule has 84 valence electrons. The summed E-state index contributed by atoms with van der Waals surface area (Å²) in [6, 6.07) is 9.78. The Morgan fingerprint density at radius 1 is 1.25 bits per heavy atom. The number of aliphatic hydroxyl groups is 1. The van der Waals surface area contributed by atoms with Crippen molar-refractivity contribution in [3.05, 3.63) is 51.7 Å². The van der Waals surface area contributed by atoms with Gasteiger partial charge in [0.1, 0.15) is 11.9 Å². The van der Waals surface area contributed by atoms with Gasteiger partial charge in [-0.1, -0.05) is 29.8 Å². The number of benzene rings is 1. The van der Waals surface area contributed by atoms with Gasteiger partial charge in [0, 0.05) is 10.3 Å². The number of hydrogen-bond acceptors (Lipinski definition) is 3. The van der Waals surface area contributed by atoms with Gasteiger partial charge in [0.2, 0.25) is 0 Å². The van der Waals surface area contributed by atoms with Crippen LogP contribution in [0.4, 0.5) is 0 Å². The Balaban J connectivity index is 2.24. The summed E-state index contributed by atoms with van der Waals surface area (Å²) in [5.41, 5.74) is 2.11. The maximum Gasteiger partial charge on any atom is 0.129 e. The summed E-state index contributed by atoms with van der Waals surface area (Å²) >= 11 is 1.51. The molecule has 2 aromatic rings. The summed E-state index contributed by atoms with van der Waals surface area (Å²) in [6.45, 7) is 2.03. The molecule has 1 aromatic carbocycles. The Kier molecular flexibility index (Phi) is 3.27. The molecule has 0 aliphatic heterocycles. The van der Waals surface area contributed by atoms with E-state index in [-0.39, 0.29) is 0 Å². The van der Waals surface area contributed by atoms with Crippen molar-refractivity contribution in [1.29, 1.82) is 0 Å². The van der Waals surface area contributed by atoms with Gasteiger partial charge in [-0.3, -0.25) is 0 Å². The second kappa shape index (κ2) is 4.68. The Labute approximate surface area is 99.1 Å². The van der Waals surface area contributed by atoms with Crippen LogP contribution in [0.3, 0.4) is 0 Å². The van der Waals surface area contributed by atoms with Crippen molar-refractivity contribution < 1.29 is 9.84 Å². The molecule has 0 spiro atoms. The number of methoxy groups -OCH3 is 1. The van der Waals surface area contributed by atoms with Crippen LogP contribution in [0.2, 0.25) is 0 Å². The molecule has 2 nitrogen and oxygen atoms in total. The van der Waals surface area contributed by atoms with Crippen LogP contribution < -0.4 is 4.74 Å². The largest absolute Gasteiger partial charge is 0.496 e. The number of aliphatic hydroxyl groups excluding tert-OH is 1. The molecule has 0 saturated heterocycles. The Morgan fingerprint density at radius 2 is 1.94 bits per heavy atom. The fraction of sp³-hybridized carbons (Fsp3) is 0.231. The zero-order valence-electron chi connectivity index (χ0n) is 9.31. The van der Waals surface area contributed by atoms with Crippen molar-refractivity contribution in [3.63, 3.8) is 0 Å². The van der Waals surface area contributed by atoms with Crippen molar-refractivity contribution >= 4 is 11.3 Å². The molecule has 1 heterocycles. The third-order valence-electron chi connectivity index (χ3n) is 2.49. The van der Waals surface area contributed by atoms with Gasteiger partial charge in [0.25, 0.3) is 0 Å². The molecule has 1 aromatic heterocycles. The number of hydrogen-bond donors (Lipinski definition) is 1. The minimum absolute atomic E-state index is 0.561. The lowest BCUT2D eigenvalue weighted by Gasteiger charge is -2.08. The van der Waals surface area contributed by atoms with Gasteiger partial charge in [-0.15, -0.1) is 11.3 Å². The minimum Gasteiger partial charge on any atom is -0.496 e. The first-order valence-electron chi connectivity index (χ1n) is 5.08. The maximum absolute atomic E-state index is 10.1. The maximum atomic E-state index is 10.1. The summed E-state index contributed by atoms with van der Waals surface area (Å²) < 4.78 is 5.10. The lowest BCUT2D eigenvalue weighted by atomic mass is 10.1. The molecule has 1 atom stereocenters. The number of thiophene rings is 1. The average Bonchev–Trinajstić information content (AvgIpc) is 2.77. The quantitative estimate of drug-likeness (QED) is 0.884. The molecule has 0 aliphatic carbocycles. The molecule has 0 saturated carbocycles. The molecule has 0 amide bonds. The molecule has 3 heteroatoms. The van der Waals surface area contributed by atoms with E-state index in [1.165, 1.54) is 16.9 Å². The summed E-state index contributed by atoms with van der Waals surface area (Å²) in [5.74, 6) is 0.797.